The Hall–Kier alpha value is -1.86. The van der Waals surface area contributed by atoms with E-state index in [1.54, 1.807) is 0 Å². The molecule has 1 fully saturated rings. The summed E-state index contributed by atoms with van der Waals surface area (Å²) in [7, 11) is 0. The second-order valence-electron chi connectivity index (χ2n) is 8.17. The van der Waals surface area contributed by atoms with Crippen molar-refractivity contribution in [2.45, 2.75) is 38.9 Å². The van der Waals surface area contributed by atoms with Crippen LogP contribution >= 0.6 is 0 Å². The molecule has 3 heteroatoms. The van der Waals surface area contributed by atoms with Gasteiger partial charge < -0.3 is 0 Å². The van der Waals surface area contributed by atoms with Gasteiger partial charge in [0.15, 0.2) is 0 Å². The Kier molecular flexibility index (Phi) is 4.16. The first kappa shape index (κ1) is 18.5. The van der Waals surface area contributed by atoms with Crippen LogP contribution in [-0.2, 0) is 7.45 Å². The van der Waals surface area contributed by atoms with Crippen LogP contribution in [0.25, 0.3) is 0 Å². The van der Waals surface area contributed by atoms with Crippen LogP contribution in [0.15, 0.2) is 91.0 Å². The Labute approximate surface area is 163 Å². The number of hydrogen-bond donors (Lipinski definition) is 0. The Morgan fingerprint density at radius 3 is 1.00 bits per heavy atom. The molecule has 3 aromatic carbocycles. The van der Waals surface area contributed by atoms with Gasteiger partial charge in [0.2, 0.25) is 0 Å². The average Bonchev–Trinajstić information content (AvgIpc) is 2.88. The van der Waals surface area contributed by atoms with Crippen molar-refractivity contribution in [3.63, 3.8) is 0 Å². The van der Waals surface area contributed by atoms with Gasteiger partial charge in [0.05, 0.1) is 0 Å². The zero-order chi connectivity index (χ0) is 19.2. The summed E-state index contributed by atoms with van der Waals surface area (Å²) in [5.41, 5.74) is -0.889. The molecule has 0 bridgehead atoms. The van der Waals surface area contributed by atoms with Gasteiger partial charge in [-0.15, -0.1) is 0 Å². The third kappa shape index (κ3) is 2.47. The summed E-state index contributed by atoms with van der Waals surface area (Å²) in [5.74, 6) is 0. The molecule has 27 heavy (non-hydrogen) atoms. The van der Waals surface area contributed by atoms with Gasteiger partial charge in [0.1, 0.15) is 0 Å². The third-order valence-corrected chi connectivity index (χ3v) is 17.1. The first-order chi connectivity index (χ1) is 12.8. The van der Waals surface area contributed by atoms with Gasteiger partial charge in [0, 0.05) is 0 Å². The van der Waals surface area contributed by atoms with E-state index in [-0.39, 0.29) is 0 Å². The van der Waals surface area contributed by atoms with E-state index in [0.717, 1.165) is 13.1 Å². The second kappa shape index (κ2) is 6.07. The van der Waals surface area contributed by atoms with E-state index < -0.39 is 24.3 Å². The summed E-state index contributed by atoms with van der Waals surface area (Å²) in [5, 5.41) is 0. The van der Waals surface area contributed by atoms with Crippen molar-refractivity contribution in [1.29, 1.82) is 0 Å². The van der Waals surface area contributed by atoms with Crippen LogP contribution < -0.4 is 13.1 Å². The molecule has 2 nitrogen and oxygen atoms in total. The van der Waals surface area contributed by atoms with Crippen molar-refractivity contribution < 1.29 is 7.45 Å². The van der Waals surface area contributed by atoms with Gasteiger partial charge in [-0.1, -0.05) is 0 Å². The molecule has 0 amide bonds. The van der Waals surface area contributed by atoms with Crippen molar-refractivity contribution in [1.82, 2.24) is 0 Å². The van der Waals surface area contributed by atoms with Gasteiger partial charge in [-0.25, -0.2) is 0 Å². The minimum absolute atomic E-state index is 0.444. The monoisotopic (exact) mass is 422 g/mol. The van der Waals surface area contributed by atoms with E-state index in [0.29, 0.717) is 0 Å². The molecule has 1 aliphatic heterocycles. The van der Waals surface area contributed by atoms with Crippen LogP contribution in [0, 0.1) is 0 Å². The van der Waals surface area contributed by atoms with E-state index in [1.807, 2.05) is 18.2 Å². The fourth-order valence-electron chi connectivity index (χ4n) is 3.97. The van der Waals surface area contributed by atoms with E-state index in [4.69, 9.17) is 7.45 Å². The molecule has 0 atom stereocenters. The summed E-state index contributed by atoms with van der Waals surface area (Å²) >= 11 is -4.35. The number of benzene rings is 3. The molecule has 140 valence electrons. The zero-order valence-corrected chi connectivity index (χ0v) is 18.3. The molecule has 0 radical (unpaired) electrons. The molecule has 0 aromatic heterocycles. The Morgan fingerprint density at radius 2 is 0.741 bits per heavy atom. The number of hydrogen-bond acceptors (Lipinski definition) is 2. The van der Waals surface area contributed by atoms with Crippen LogP contribution in [0.1, 0.15) is 27.7 Å². The average molecular weight is 422 g/mol. The Morgan fingerprint density at radius 1 is 0.481 bits per heavy atom. The van der Waals surface area contributed by atoms with Gasteiger partial charge >= 0.3 is 164 Å². The van der Waals surface area contributed by atoms with Crippen molar-refractivity contribution in [2.75, 3.05) is 0 Å². The van der Waals surface area contributed by atoms with E-state index in [1.165, 1.54) is 0 Å². The van der Waals surface area contributed by atoms with Crippen molar-refractivity contribution >= 4 is 26.2 Å². The molecule has 3 aromatic rings. The summed E-state index contributed by atoms with van der Waals surface area (Å²) in [6.45, 7) is 8.59. The summed E-state index contributed by atoms with van der Waals surface area (Å²) in [4.78, 5) is 0. The van der Waals surface area contributed by atoms with Crippen LogP contribution in [0.2, 0.25) is 0 Å². The SMILES string of the molecule is CC1(C)O[As](c2ccccc2)(c2ccccc2)(c2ccccc2)OC1(C)C. The molecule has 0 unspecified atom stereocenters. The third-order valence-electron chi connectivity index (χ3n) is 5.93. The van der Waals surface area contributed by atoms with Crippen LogP contribution in [-0.4, -0.2) is 24.3 Å². The summed E-state index contributed by atoms with van der Waals surface area (Å²) in [6.07, 6.45) is 0. The molecular formula is C24H27AsO2. The fourth-order valence-corrected chi connectivity index (χ4v) is 16.3. The zero-order valence-electron chi connectivity index (χ0n) is 16.4. The molecular weight excluding hydrogens is 395 g/mol. The van der Waals surface area contributed by atoms with Crippen molar-refractivity contribution in [3.05, 3.63) is 91.0 Å². The van der Waals surface area contributed by atoms with Gasteiger partial charge in [0.25, 0.3) is 0 Å². The first-order valence-electron chi connectivity index (χ1n) is 9.43. The van der Waals surface area contributed by atoms with Gasteiger partial charge in [-0.3, -0.25) is 0 Å². The van der Waals surface area contributed by atoms with E-state index in [2.05, 4.69) is 100 Å². The van der Waals surface area contributed by atoms with Crippen LogP contribution in [0.4, 0.5) is 0 Å². The molecule has 0 spiro atoms. The van der Waals surface area contributed by atoms with E-state index in [9.17, 15) is 0 Å². The summed E-state index contributed by atoms with van der Waals surface area (Å²) < 4.78 is 17.9. The molecule has 1 aliphatic rings. The maximum atomic E-state index is 7.25. The normalized spacial score (nSPS) is 23.2. The quantitative estimate of drug-likeness (QED) is 0.600. The van der Waals surface area contributed by atoms with Crippen LogP contribution in [0.3, 0.4) is 0 Å². The van der Waals surface area contributed by atoms with Gasteiger partial charge in [-0.05, 0) is 0 Å². The standard InChI is InChI=1S/C24H27AsO2/c1-23(2)24(3,4)27-25(26-23,20-14-8-5-9-15-20,21-16-10-6-11-17-21)22-18-12-7-13-19-22/h5-19H,1-4H3. The fraction of sp³-hybridized carbons (Fsp3) is 0.250. The molecule has 0 aliphatic carbocycles. The first-order valence-corrected chi connectivity index (χ1v) is 13.8. The molecule has 4 rings (SSSR count). The molecule has 1 heterocycles. The maximum absolute atomic E-state index is 7.25. The topological polar surface area (TPSA) is 18.5 Å². The van der Waals surface area contributed by atoms with Crippen molar-refractivity contribution in [2.24, 2.45) is 0 Å². The predicted octanol–water partition coefficient (Wildman–Crippen LogP) is 3.71. The van der Waals surface area contributed by atoms with Crippen LogP contribution in [0.5, 0.6) is 0 Å². The second-order valence-corrected chi connectivity index (χ2v) is 16.2. The minimum atomic E-state index is -4.35. The number of rotatable bonds is 3. The predicted molar refractivity (Wildman–Crippen MR) is 114 cm³/mol. The Bertz CT molecular complexity index is 814. The summed E-state index contributed by atoms with van der Waals surface area (Å²) in [6, 6.07) is 31.7. The molecule has 1 saturated heterocycles. The van der Waals surface area contributed by atoms with Gasteiger partial charge in [-0.2, -0.15) is 0 Å². The molecule has 0 N–H and O–H groups in total. The molecule has 0 saturated carbocycles. The Balaban J connectivity index is 2.19. The van der Waals surface area contributed by atoms with Crippen molar-refractivity contribution in [3.8, 4) is 0 Å². The van der Waals surface area contributed by atoms with E-state index >= 15 is 0 Å².